The molecular weight excluding hydrogens is 216 g/mol. The standard InChI is InChI=1S/C15H21Cl/c1-3-11(2)12-4-6-13(7-5-12)15(10-16)14-8-9-14/h4-7,11,14-15H,3,8-10H2,1-2H3. The number of benzene rings is 1. The van der Waals surface area contributed by atoms with Gasteiger partial charge in [0.1, 0.15) is 0 Å². The van der Waals surface area contributed by atoms with Gasteiger partial charge in [0.25, 0.3) is 0 Å². The van der Waals surface area contributed by atoms with E-state index in [4.69, 9.17) is 11.6 Å². The summed E-state index contributed by atoms with van der Waals surface area (Å²) >= 11 is 6.07. The third-order valence-electron chi connectivity index (χ3n) is 3.90. The molecule has 0 saturated heterocycles. The summed E-state index contributed by atoms with van der Waals surface area (Å²) in [6, 6.07) is 9.14. The monoisotopic (exact) mass is 236 g/mol. The normalized spacial score (nSPS) is 19.4. The molecule has 1 saturated carbocycles. The SMILES string of the molecule is CCC(C)c1ccc(C(CCl)C2CC2)cc1. The van der Waals surface area contributed by atoms with Gasteiger partial charge in [0.2, 0.25) is 0 Å². The average Bonchev–Trinajstić information content (AvgIpc) is 3.14. The van der Waals surface area contributed by atoms with Crippen molar-refractivity contribution < 1.29 is 0 Å². The fourth-order valence-electron chi connectivity index (χ4n) is 2.29. The van der Waals surface area contributed by atoms with Crippen LogP contribution in [0.5, 0.6) is 0 Å². The van der Waals surface area contributed by atoms with Crippen LogP contribution in [-0.2, 0) is 0 Å². The molecule has 0 bridgehead atoms. The number of alkyl halides is 1. The third-order valence-corrected chi connectivity index (χ3v) is 4.24. The van der Waals surface area contributed by atoms with Crippen molar-refractivity contribution in [2.75, 3.05) is 5.88 Å². The molecule has 2 rings (SSSR count). The van der Waals surface area contributed by atoms with Crippen LogP contribution in [-0.4, -0.2) is 5.88 Å². The van der Waals surface area contributed by atoms with Crippen molar-refractivity contribution in [3.63, 3.8) is 0 Å². The van der Waals surface area contributed by atoms with Crippen LogP contribution in [0.2, 0.25) is 0 Å². The van der Waals surface area contributed by atoms with Gasteiger partial charge in [-0.3, -0.25) is 0 Å². The molecule has 16 heavy (non-hydrogen) atoms. The Hall–Kier alpha value is -0.490. The van der Waals surface area contributed by atoms with Crippen LogP contribution in [0.1, 0.15) is 56.1 Å². The average molecular weight is 237 g/mol. The summed E-state index contributed by atoms with van der Waals surface area (Å²) in [5.74, 6) is 2.89. The predicted octanol–water partition coefficient (Wildman–Crippen LogP) is 4.93. The highest BCUT2D eigenvalue weighted by Gasteiger charge is 2.31. The minimum Gasteiger partial charge on any atom is -0.126 e. The van der Waals surface area contributed by atoms with E-state index in [1.807, 2.05) is 0 Å². The van der Waals surface area contributed by atoms with Crippen LogP contribution < -0.4 is 0 Å². The number of rotatable bonds is 5. The summed E-state index contributed by atoms with van der Waals surface area (Å²) in [5, 5.41) is 0. The van der Waals surface area contributed by atoms with Gasteiger partial charge in [0, 0.05) is 11.8 Å². The fraction of sp³-hybridized carbons (Fsp3) is 0.600. The summed E-state index contributed by atoms with van der Waals surface area (Å²) in [7, 11) is 0. The van der Waals surface area contributed by atoms with E-state index in [1.54, 1.807) is 0 Å². The Bertz CT molecular complexity index is 324. The first-order valence-corrected chi connectivity index (χ1v) is 6.95. The van der Waals surface area contributed by atoms with Crippen molar-refractivity contribution in [1.29, 1.82) is 0 Å². The summed E-state index contributed by atoms with van der Waals surface area (Å²) < 4.78 is 0. The highest BCUT2D eigenvalue weighted by Crippen LogP contribution is 2.43. The van der Waals surface area contributed by atoms with Crippen molar-refractivity contribution in [1.82, 2.24) is 0 Å². The molecule has 2 atom stereocenters. The number of hydrogen-bond donors (Lipinski definition) is 0. The molecule has 1 aromatic carbocycles. The Kier molecular flexibility index (Phi) is 3.91. The lowest BCUT2D eigenvalue weighted by molar-refractivity contribution is 0.668. The lowest BCUT2D eigenvalue weighted by Gasteiger charge is -2.15. The molecular formula is C15H21Cl. The molecule has 0 amide bonds. The van der Waals surface area contributed by atoms with Gasteiger partial charge < -0.3 is 0 Å². The molecule has 2 unspecified atom stereocenters. The molecule has 1 fully saturated rings. The molecule has 0 spiro atoms. The fourth-order valence-corrected chi connectivity index (χ4v) is 2.72. The van der Waals surface area contributed by atoms with Gasteiger partial charge in [-0.15, -0.1) is 11.6 Å². The zero-order chi connectivity index (χ0) is 11.5. The zero-order valence-corrected chi connectivity index (χ0v) is 11.0. The summed E-state index contributed by atoms with van der Waals surface area (Å²) in [5.41, 5.74) is 2.89. The van der Waals surface area contributed by atoms with Gasteiger partial charge in [-0.1, -0.05) is 38.1 Å². The molecule has 88 valence electrons. The summed E-state index contributed by atoms with van der Waals surface area (Å²) in [4.78, 5) is 0. The molecule has 1 aliphatic rings. The van der Waals surface area contributed by atoms with Crippen molar-refractivity contribution in [2.45, 2.75) is 44.9 Å². The van der Waals surface area contributed by atoms with Crippen LogP contribution in [0.3, 0.4) is 0 Å². The van der Waals surface area contributed by atoms with E-state index >= 15 is 0 Å². The second-order valence-electron chi connectivity index (χ2n) is 5.07. The van der Waals surface area contributed by atoms with Crippen molar-refractivity contribution in [2.24, 2.45) is 5.92 Å². The van der Waals surface area contributed by atoms with E-state index in [-0.39, 0.29) is 0 Å². The van der Waals surface area contributed by atoms with Crippen molar-refractivity contribution in [3.05, 3.63) is 35.4 Å². The van der Waals surface area contributed by atoms with Gasteiger partial charge in [-0.05, 0) is 42.2 Å². The van der Waals surface area contributed by atoms with E-state index < -0.39 is 0 Å². The molecule has 0 nitrogen and oxygen atoms in total. The molecule has 0 heterocycles. The molecule has 0 aliphatic heterocycles. The highest BCUT2D eigenvalue weighted by atomic mass is 35.5. The molecule has 0 aromatic heterocycles. The van der Waals surface area contributed by atoms with Crippen LogP contribution in [0.15, 0.2) is 24.3 Å². The molecule has 0 N–H and O–H groups in total. The largest absolute Gasteiger partial charge is 0.126 e. The molecule has 1 heteroatoms. The summed E-state index contributed by atoms with van der Waals surface area (Å²) in [6.07, 6.45) is 3.94. The topological polar surface area (TPSA) is 0 Å². The summed E-state index contributed by atoms with van der Waals surface area (Å²) in [6.45, 7) is 4.53. The van der Waals surface area contributed by atoms with Crippen molar-refractivity contribution in [3.8, 4) is 0 Å². The minimum atomic E-state index is 0.590. The van der Waals surface area contributed by atoms with Crippen LogP contribution in [0.4, 0.5) is 0 Å². The predicted molar refractivity (Wildman–Crippen MR) is 71.3 cm³/mol. The lowest BCUT2D eigenvalue weighted by atomic mass is 9.92. The van der Waals surface area contributed by atoms with Crippen LogP contribution in [0, 0.1) is 5.92 Å². The van der Waals surface area contributed by atoms with Gasteiger partial charge in [0.15, 0.2) is 0 Å². The number of hydrogen-bond acceptors (Lipinski definition) is 0. The third kappa shape index (κ3) is 2.60. The van der Waals surface area contributed by atoms with Crippen LogP contribution in [0.25, 0.3) is 0 Å². The highest BCUT2D eigenvalue weighted by molar-refractivity contribution is 6.18. The second kappa shape index (κ2) is 5.23. The molecule has 1 aromatic rings. The first-order valence-electron chi connectivity index (χ1n) is 6.42. The van der Waals surface area contributed by atoms with E-state index in [0.29, 0.717) is 11.8 Å². The maximum Gasteiger partial charge on any atom is 0.0294 e. The molecule has 1 aliphatic carbocycles. The second-order valence-corrected chi connectivity index (χ2v) is 5.38. The molecule has 0 radical (unpaired) electrons. The van der Waals surface area contributed by atoms with Gasteiger partial charge in [-0.2, -0.15) is 0 Å². The zero-order valence-electron chi connectivity index (χ0n) is 10.2. The minimum absolute atomic E-state index is 0.590. The van der Waals surface area contributed by atoms with E-state index in [0.717, 1.165) is 11.8 Å². The van der Waals surface area contributed by atoms with Crippen LogP contribution >= 0.6 is 11.6 Å². The Balaban J connectivity index is 2.11. The van der Waals surface area contributed by atoms with Gasteiger partial charge >= 0.3 is 0 Å². The first kappa shape index (κ1) is 12.0. The van der Waals surface area contributed by atoms with E-state index in [2.05, 4.69) is 38.1 Å². The number of halogens is 1. The smallest absolute Gasteiger partial charge is 0.0294 e. The van der Waals surface area contributed by atoms with Gasteiger partial charge in [0.05, 0.1) is 0 Å². The Morgan fingerprint density at radius 1 is 1.19 bits per heavy atom. The first-order chi connectivity index (χ1) is 7.76. The Morgan fingerprint density at radius 3 is 2.19 bits per heavy atom. The quantitative estimate of drug-likeness (QED) is 0.636. The Labute approximate surface area is 104 Å². The van der Waals surface area contributed by atoms with E-state index in [1.165, 1.54) is 30.4 Å². The Morgan fingerprint density at radius 2 is 1.75 bits per heavy atom. The maximum absolute atomic E-state index is 6.07. The van der Waals surface area contributed by atoms with E-state index in [9.17, 15) is 0 Å². The maximum atomic E-state index is 6.07. The lowest BCUT2D eigenvalue weighted by Crippen LogP contribution is -2.03. The van der Waals surface area contributed by atoms with Crippen molar-refractivity contribution >= 4 is 11.6 Å². The van der Waals surface area contributed by atoms with Gasteiger partial charge in [-0.25, -0.2) is 0 Å².